The Balaban J connectivity index is 2.04. The molecule has 3 heteroatoms. The van der Waals surface area contributed by atoms with Crippen LogP contribution in [0.4, 0.5) is 0 Å². The number of fused-ring (bicyclic) bond motifs is 5. The van der Waals surface area contributed by atoms with E-state index in [-0.39, 0.29) is 0 Å². The van der Waals surface area contributed by atoms with E-state index in [9.17, 15) is 0 Å². The van der Waals surface area contributed by atoms with E-state index < -0.39 is 8.80 Å². The predicted molar refractivity (Wildman–Crippen MR) is 95.6 cm³/mol. The van der Waals surface area contributed by atoms with E-state index in [1.54, 1.807) is 7.11 Å². The Hall–Kier alpha value is -2.00. The van der Waals surface area contributed by atoms with E-state index in [1.807, 2.05) is 0 Å². The summed E-state index contributed by atoms with van der Waals surface area (Å²) in [6, 6.07) is 15.4. The van der Waals surface area contributed by atoms with E-state index in [0.29, 0.717) is 0 Å². The Kier molecular flexibility index (Phi) is 3.12. The third-order valence-corrected chi connectivity index (χ3v) is 5.66. The molecule has 1 heterocycles. The molecule has 0 N–H and O–H groups in total. The maximum absolute atomic E-state index is 5.45. The second-order valence-electron chi connectivity index (χ2n) is 6.55. The second-order valence-corrected chi connectivity index (χ2v) is 9.70. The maximum Gasteiger partial charge on any atom is 0.119 e. The summed E-state index contributed by atoms with van der Waals surface area (Å²) in [6.07, 6.45) is 2.23. The molecule has 0 bridgehead atoms. The van der Waals surface area contributed by atoms with Crippen LogP contribution in [0, 0.1) is 0 Å². The Labute approximate surface area is 132 Å². The summed E-state index contributed by atoms with van der Waals surface area (Å²) in [5, 5.41) is 1.36. The molecule has 1 aliphatic carbocycles. The fourth-order valence-corrected chi connectivity index (χ4v) is 4.78. The minimum atomic E-state index is -0.708. The standard InChI is InChI=1S/C19H21NOSi/c1-21-14-8-9-18-16(11-14)17-10-13-6-4-5-7-15(13)19(17)20(18)12-22(2)3/h4-9,11,22H,10,12H2,1-3H3. The van der Waals surface area contributed by atoms with Crippen molar-refractivity contribution in [3.63, 3.8) is 0 Å². The van der Waals surface area contributed by atoms with Crippen molar-refractivity contribution in [1.29, 1.82) is 0 Å². The molecule has 0 saturated heterocycles. The van der Waals surface area contributed by atoms with Crippen LogP contribution in [-0.2, 0) is 12.6 Å². The third-order valence-electron chi connectivity index (χ3n) is 4.56. The Bertz CT molecular complexity index is 863. The number of hydrogen-bond acceptors (Lipinski definition) is 1. The topological polar surface area (TPSA) is 14.2 Å². The summed E-state index contributed by atoms with van der Waals surface area (Å²) in [7, 11) is 1.04. The molecule has 0 fully saturated rings. The van der Waals surface area contributed by atoms with Crippen LogP contribution in [0.2, 0.25) is 13.1 Å². The van der Waals surface area contributed by atoms with Crippen molar-refractivity contribution < 1.29 is 4.74 Å². The number of methoxy groups -OCH3 is 1. The average Bonchev–Trinajstić information content (AvgIpc) is 3.03. The van der Waals surface area contributed by atoms with Crippen LogP contribution >= 0.6 is 0 Å². The Morgan fingerprint density at radius 2 is 1.95 bits per heavy atom. The highest BCUT2D eigenvalue weighted by atomic mass is 28.3. The van der Waals surface area contributed by atoms with Gasteiger partial charge in [0.05, 0.1) is 21.6 Å². The van der Waals surface area contributed by atoms with Crippen LogP contribution in [0.3, 0.4) is 0 Å². The predicted octanol–water partition coefficient (Wildman–Crippen LogP) is 4.25. The molecule has 4 rings (SSSR count). The molecular formula is C19H21NOSi. The minimum Gasteiger partial charge on any atom is -0.497 e. The van der Waals surface area contributed by atoms with E-state index in [0.717, 1.165) is 12.2 Å². The molecule has 1 aliphatic rings. The van der Waals surface area contributed by atoms with Gasteiger partial charge in [0.1, 0.15) is 5.75 Å². The summed E-state index contributed by atoms with van der Waals surface area (Å²) < 4.78 is 8.01. The zero-order valence-corrected chi connectivity index (χ0v) is 14.5. The largest absolute Gasteiger partial charge is 0.497 e. The Morgan fingerprint density at radius 1 is 1.14 bits per heavy atom. The molecule has 1 aromatic heterocycles. The molecular weight excluding hydrogens is 286 g/mol. The zero-order valence-electron chi connectivity index (χ0n) is 13.4. The van der Waals surface area contributed by atoms with Gasteiger partial charge in [0.15, 0.2) is 0 Å². The van der Waals surface area contributed by atoms with Gasteiger partial charge in [-0.3, -0.25) is 0 Å². The molecule has 0 radical (unpaired) electrons. The molecule has 0 aliphatic heterocycles. The van der Waals surface area contributed by atoms with E-state index >= 15 is 0 Å². The molecule has 0 amide bonds. The van der Waals surface area contributed by atoms with Gasteiger partial charge in [-0.25, -0.2) is 0 Å². The summed E-state index contributed by atoms with van der Waals surface area (Å²) in [4.78, 5) is 0. The van der Waals surface area contributed by atoms with Crippen LogP contribution in [0.5, 0.6) is 5.75 Å². The van der Waals surface area contributed by atoms with Crippen molar-refractivity contribution in [2.75, 3.05) is 7.11 Å². The number of nitrogens with zero attached hydrogens (tertiary/aromatic N) is 1. The minimum absolute atomic E-state index is 0.708. The number of aromatic nitrogens is 1. The Morgan fingerprint density at radius 3 is 2.73 bits per heavy atom. The van der Waals surface area contributed by atoms with E-state index in [2.05, 4.69) is 60.1 Å². The first-order valence-electron chi connectivity index (χ1n) is 7.96. The van der Waals surface area contributed by atoms with Crippen molar-refractivity contribution in [3.8, 4) is 17.0 Å². The number of ether oxygens (including phenoxy) is 1. The summed E-state index contributed by atoms with van der Waals surface area (Å²) in [6.45, 7) is 4.84. The third kappa shape index (κ3) is 1.92. The lowest BCUT2D eigenvalue weighted by Gasteiger charge is -2.13. The van der Waals surface area contributed by atoms with Crippen molar-refractivity contribution in [2.24, 2.45) is 0 Å². The van der Waals surface area contributed by atoms with Gasteiger partial charge in [-0.15, -0.1) is 0 Å². The smallest absolute Gasteiger partial charge is 0.119 e. The van der Waals surface area contributed by atoms with Gasteiger partial charge in [0, 0.05) is 29.1 Å². The normalized spacial score (nSPS) is 12.7. The zero-order chi connectivity index (χ0) is 15.3. The van der Waals surface area contributed by atoms with Gasteiger partial charge in [0.25, 0.3) is 0 Å². The SMILES string of the molecule is COc1ccc2c(c1)c1c(n2C[SiH](C)C)-c2ccccc2C1. The fraction of sp³-hybridized carbons (Fsp3) is 0.263. The summed E-state index contributed by atoms with van der Waals surface area (Å²) >= 11 is 0. The summed E-state index contributed by atoms with van der Waals surface area (Å²) in [5.41, 5.74) is 7.16. The summed E-state index contributed by atoms with van der Waals surface area (Å²) in [5.74, 6) is 0.949. The molecule has 22 heavy (non-hydrogen) atoms. The fourth-order valence-electron chi connectivity index (χ4n) is 3.67. The quantitative estimate of drug-likeness (QED) is 0.516. The van der Waals surface area contributed by atoms with Crippen molar-refractivity contribution in [2.45, 2.75) is 25.7 Å². The lowest BCUT2D eigenvalue weighted by atomic mass is 10.1. The van der Waals surface area contributed by atoms with Gasteiger partial charge >= 0.3 is 0 Å². The first kappa shape index (κ1) is 13.6. The van der Waals surface area contributed by atoms with Crippen LogP contribution < -0.4 is 4.74 Å². The molecule has 2 aromatic carbocycles. The number of benzene rings is 2. The highest BCUT2D eigenvalue weighted by molar-refractivity contribution is 6.54. The van der Waals surface area contributed by atoms with Gasteiger partial charge in [-0.2, -0.15) is 0 Å². The van der Waals surface area contributed by atoms with Crippen LogP contribution in [-0.4, -0.2) is 20.5 Å². The molecule has 3 aromatic rings. The van der Waals surface area contributed by atoms with Crippen LogP contribution in [0.25, 0.3) is 22.2 Å². The van der Waals surface area contributed by atoms with Gasteiger partial charge in [0.2, 0.25) is 0 Å². The molecule has 0 unspecified atom stereocenters. The van der Waals surface area contributed by atoms with Gasteiger partial charge < -0.3 is 9.30 Å². The molecule has 0 spiro atoms. The first-order valence-corrected chi connectivity index (χ1v) is 11.1. The monoisotopic (exact) mass is 307 g/mol. The lowest BCUT2D eigenvalue weighted by molar-refractivity contribution is 0.415. The highest BCUT2D eigenvalue weighted by Crippen LogP contribution is 2.43. The van der Waals surface area contributed by atoms with Crippen molar-refractivity contribution >= 4 is 19.7 Å². The molecule has 2 nitrogen and oxygen atoms in total. The van der Waals surface area contributed by atoms with E-state index in [4.69, 9.17) is 4.74 Å². The van der Waals surface area contributed by atoms with Gasteiger partial charge in [-0.05, 0) is 29.3 Å². The number of hydrogen-bond donors (Lipinski definition) is 0. The number of rotatable bonds is 3. The lowest BCUT2D eigenvalue weighted by Crippen LogP contribution is -2.13. The second kappa shape index (κ2) is 5.02. The molecule has 112 valence electrons. The van der Waals surface area contributed by atoms with Crippen LogP contribution in [0.15, 0.2) is 42.5 Å². The van der Waals surface area contributed by atoms with Crippen molar-refractivity contribution in [3.05, 3.63) is 53.6 Å². The molecule has 0 atom stereocenters. The van der Waals surface area contributed by atoms with Crippen LogP contribution in [0.1, 0.15) is 11.1 Å². The van der Waals surface area contributed by atoms with Gasteiger partial charge in [-0.1, -0.05) is 37.4 Å². The molecule has 0 saturated carbocycles. The van der Waals surface area contributed by atoms with E-state index in [1.165, 1.54) is 39.5 Å². The highest BCUT2D eigenvalue weighted by Gasteiger charge is 2.26. The first-order chi connectivity index (χ1) is 10.7. The average molecular weight is 307 g/mol. The maximum atomic E-state index is 5.45. The van der Waals surface area contributed by atoms with Crippen molar-refractivity contribution in [1.82, 2.24) is 4.57 Å².